The Morgan fingerprint density at radius 2 is 2.16 bits per heavy atom. The summed E-state index contributed by atoms with van der Waals surface area (Å²) in [5.74, 6) is 2.39. The second-order valence-electron chi connectivity index (χ2n) is 4.42. The quantitative estimate of drug-likeness (QED) is 0.816. The number of thioether (sulfide) groups is 2. The van der Waals surface area contributed by atoms with E-state index in [-0.39, 0.29) is 0 Å². The molecule has 0 radical (unpaired) electrons. The number of thiocarbonyl (C=S) groups is 1. The third-order valence-corrected chi connectivity index (χ3v) is 6.34. The highest BCUT2D eigenvalue weighted by Gasteiger charge is 2.41. The van der Waals surface area contributed by atoms with E-state index in [1.807, 2.05) is 47.9 Å². The van der Waals surface area contributed by atoms with Gasteiger partial charge in [-0.25, -0.2) is 0 Å². The number of nitrogens with zero attached hydrogens (tertiary/aromatic N) is 2. The van der Waals surface area contributed by atoms with Gasteiger partial charge in [-0.3, -0.25) is 10.4 Å². The summed E-state index contributed by atoms with van der Waals surface area (Å²) in [5, 5.41) is 7.40. The topological polar surface area (TPSA) is 40.2 Å². The molecule has 2 saturated heterocycles. The first-order valence-electron chi connectivity index (χ1n) is 6.29. The Morgan fingerprint density at radius 3 is 2.79 bits per heavy atom. The van der Waals surface area contributed by atoms with Gasteiger partial charge in [0, 0.05) is 36.4 Å². The van der Waals surface area contributed by atoms with Crippen LogP contribution >= 0.6 is 35.7 Å². The van der Waals surface area contributed by atoms with Gasteiger partial charge in [-0.05, 0) is 24.4 Å². The zero-order valence-corrected chi connectivity index (χ0v) is 12.9. The van der Waals surface area contributed by atoms with Crippen LogP contribution < -0.4 is 10.7 Å². The normalized spacial score (nSPS) is 25.5. The van der Waals surface area contributed by atoms with E-state index < -0.39 is 0 Å². The van der Waals surface area contributed by atoms with E-state index >= 15 is 0 Å². The number of fused-ring (bicyclic) bond motifs is 2. The molecule has 2 bridgehead atoms. The third kappa shape index (κ3) is 3.34. The number of aromatic nitrogens is 1. The SMILES string of the molecule is S=C(NCCc1ccccn1)NN1C2CSC1CS2. The molecule has 2 N–H and O–H groups in total. The Labute approximate surface area is 127 Å². The summed E-state index contributed by atoms with van der Waals surface area (Å²) in [7, 11) is 0. The molecule has 0 spiro atoms. The van der Waals surface area contributed by atoms with Crippen LogP contribution in [0.15, 0.2) is 24.4 Å². The van der Waals surface area contributed by atoms with Crippen molar-refractivity contribution in [1.29, 1.82) is 0 Å². The van der Waals surface area contributed by atoms with Gasteiger partial charge in [0.05, 0.1) is 10.7 Å². The zero-order valence-electron chi connectivity index (χ0n) is 10.4. The molecule has 2 aliphatic rings. The van der Waals surface area contributed by atoms with E-state index in [2.05, 4.69) is 20.7 Å². The summed E-state index contributed by atoms with van der Waals surface area (Å²) >= 11 is 9.35. The number of hydrogen-bond acceptors (Lipinski definition) is 5. The van der Waals surface area contributed by atoms with E-state index in [4.69, 9.17) is 12.2 Å². The lowest BCUT2D eigenvalue weighted by Crippen LogP contribution is -2.49. The molecule has 2 aliphatic heterocycles. The third-order valence-electron chi connectivity index (χ3n) is 3.11. The molecule has 7 heteroatoms. The number of hydrogen-bond donors (Lipinski definition) is 2. The second-order valence-corrected chi connectivity index (χ2v) is 7.25. The molecule has 19 heavy (non-hydrogen) atoms. The molecule has 0 saturated carbocycles. The van der Waals surface area contributed by atoms with Gasteiger partial charge in [0.25, 0.3) is 0 Å². The van der Waals surface area contributed by atoms with E-state index in [1.54, 1.807) is 0 Å². The van der Waals surface area contributed by atoms with Gasteiger partial charge in [-0.15, -0.1) is 23.5 Å². The molecule has 0 aliphatic carbocycles. The second kappa shape index (κ2) is 6.30. The fourth-order valence-corrected chi connectivity index (χ4v) is 5.48. The molecule has 0 aromatic carbocycles. The standard InChI is InChI=1S/C12H16N4S3/c17-12(14-6-4-9-3-1-2-5-13-9)15-16-10-7-18-11(16)8-19-10/h1-3,5,10-11H,4,6-8H2,(H2,14,15,17). The number of hydrazine groups is 1. The first-order valence-corrected chi connectivity index (χ1v) is 8.79. The fraction of sp³-hybridized carbons (Fsp3) is 0.500. The van der Waals surface area contributed by atoms with Crippen molar-refractivity contribution < 1.29 is 0 Å². The molecule has 4 nitrogen and oxygen atoms in total. The number of nitrogens with one attached hydrogen (secondary N) is 2. The van der Waals surface area contributed by atoms with Gasteiger partial charge in [0.15, 0.2) is 5.11 Å². The van der Waals surface area contributed by atoms with Crippen molar-refractivity contribution in [3.8, 4) is 0 Å². The van der Waals surface area contributed by atoms with Crippen molar-refractivity contribution in [2.24, 2.45) is 0 Å². The van der Waals surface area contributed by atoms with Gasteiger partial charge >= 0.3 is 0 Å². The van der Waals surface area contributed by atoms with Crippen LogP contribution in [0, 0.1) is 0 Å². The minimum Gasteiger partial charge on any atom is -0.361 e. The summed E-state index contributed by atoms with van der Waals surface area (Å²) in [4.78, 5) is 4.29. The summed E-state index contributed by atoms with van der Waals surface area (Å²) in [6.07, 6.45) is 2.71. The summed E-state index contributed by atoms with van der Waals surface area (Å²) < 4.78 is 0. The van der Waals surface area contributed by atoms with Gasteiger partial charge in [-0.1, -0.05) is 6.07 Å². The zero-order chi connectivity index (χ0) is 13.1. The minimum absolute atomic E-state index is 0.575. The van der Waals surface area contributed by atoms with Crippen molar-refractivity contribution >= 4 is 40.9 Å². The fourth-order valence-electron chi connectivity index (χ4n) is 2.14. The number of pyridine rings is 1. The highest BCUT2D eigenvalue weighted by Crippen LogP contribution is 2.42. The van der Waals surface area contributed by atoms with E-state index in [9.17, 15) is 0 Å². The lowest BCUT2D eigenvalue weighted by molar-refractivity contribution is 0.254. The van der Waals surface area contributed by atoms with Crippen molar-refractivity contribution in [2.45, 2.75) is 17.2 Å². The van der Waals surface area contributed by atoms with E-state index in [0.29, 0.717) is 10.7 Å². The van der Waals surface area contributed by atoms with Crippen molar-refractivity contribution in [3.05, 3.63) is 30.1 Å². The number of rotatable bonds is 4. The largest absolute Gasteiger partial charge is 0.361 e. The predicted molar refractivity (Wildman–Crippen MR) is 86.0 cm³/mol. The Morgan fingerprint density at radius 1 is 1.37 bits per heavy atom. The highest BCUT2D eigenvalue weighted by atomic mass is 32.2. The van der Waals surface area contributed by atoms with Crippen LogP contribution in [-0.4, -0.2) is 43.9 Å². The molecule has 2 unspecified atom stereocenters. The van der Waals surface area contributed by atoms with Crippen LogP contribution in [-0.2, 0) is 6.42 Å². The lowest BCUT2D eigenvalue weighted by Gasteiger charge is -2.22. The molecule has 2 fully saturated rings. The van der Waals surface area contributed by atoms with Gasteiger partial charge < -0.3 is 5.32 Å². The molecule has 3 heterocycles. The minimum atomic E-state index is 0.575. The van der Waals surface area contributed by atoms with Crippen molar-refractivity contribution in [3.63, 3.8) is 0 Å². The molecular formula is C12H16N4S3. The Hall–Kier alpha value is -0.500. The first-order chi connectivity index (χ1) is 9.33. The molecular weight excluding hydrogens is 296 g/mol. The van der Waals surface area contributed by atoms with Crippen LogP contribution in [0.3, 0.4) is 0 Å². The summed E-state index contributed by atoms with van der Waals surface area (Å²) in [6.45, 7) is 0.812. The van der Waals surface area contributed by atoms with Gasteiger partial charge in [-0.2, -0.15) is 5.01 Å². The lowest BCUT2D eigenvalue weighted by atomic mass is 10.3. The van der Waals surface area contributed by atoms with Crippen LogP contribution in [0.2, 0.25) is 0 Å². The summed E-state index contributed by atoms with van der Waals surface area (Å²) in [6, 6.07) is 5.98. The first kappa shape index (κ1) is 13.5. The van der Waals surface area contributed by atoms with Crippen molar-refractivity contribution in [2.75, 3.05) is 18.1 Å². The molecule has 3 rings (SSSR count). The van der Waals surface area contributed by atoms with Gasteiger partial charge in [0.2, 0.25) is 0 Å². The molecule has 102 valence electrons. The Kier molecular flexibility index (Phi) is 4.47. The van der Waals surface area contributed by atoms with Crippen LogP contribution in [0.4, 0.5) is 0 Å². The molecule has 1 aromatic rings. The maximum atomic E-state index is 5.34. The van der Waals surface area contributed by atoms with Crippen LogP contribution in [0.1, 0.15) is 5.69 Å². The van der Waals surface area contributed by atoms with Crippen LogP contribution in [0.5, 0.6) is 0 Å². The molecule has 2 atom stereocenters. The summed E-state index contributed by atoms with van der Waals surface area (Å²) in [5.41, 5.74) is 4.41. The van der Waals surface area contributed by atoms with Crippen molar-refractivity contribution in [1.82, 2.24) is 20.7 Å². The Bertz CT molecular complexity index is 422. The van der Waals surface area contributed by atoms with E-state index in [0.717, 1.165) is 23.8 Å². The smallest absolute Gasteiger partial charge is 0.181 e. The average molecular weight is 312 g/mol. The van der Waals surface area contributed by atoms with Gasteiger partial charge in [0.1, 0.15) is 0 Å². The maximum absolute atomic E-state index is 5.34. The Balaban J connectivity index is 1.40. The average Bonchev–Trinajstić information content (AvgIpc) is 3.00. The molecule has 1 aromatic heterocycles. The van der Waals surface area contributed by atoms with E-state index in [1.165, 1.54) is 11.5 Å². The molecule has 0 amide bonds. The van der Waals surface area contributed by atoms with Crippen LogP contribution in [0.25, 0.3) is 0 Å². The highest BCUT2D eigenvalue weighted by molar-refractivity contribution is 8.07. The predicted octanol–water partition coefficient (Wildman–Crippen LogP) is 1.45. The maximum Gasteiger partial charge on any atom is 0.181 e. The monoisotopic (exact) mass is 312 g/mol.